The number of halogens is 2. The monoisotopic (exact) mass is 126 g/mol. The van der Waals surface area contributed by atoms with E-state index in [0.717, 1.165) is 0 Å². The molecule has 0 saturated heterocycles. The number of hydrogen-bond acceptors (Lipinski definition) is 1. The third-order valence-electron chi connectivity index (χ3n) is 0.749. The summed E-state index contributed by atoms with van der Waals surface area (Å²) in [6, 6.07) is 0. The Bertz CT molecular complexity index is 49.7. The molecule has 44 valence electrons. The van der Waals surface area contributed by atoms with Crippen LogP contribution < -0.4 is 0 Å². The van der Waals surface area contributed by atoms with Crippen molar-refractivity contribution in [1.82, 2.24) is 0 Å². The van der Waals surface area contributed by atoms with Gasteiger partial charge in [-0.05, 0) is 6.42 Å². The molecule has 0 radical (unpaired) electrons. The smallest absolute Gasteiger partial charge is 0.206 e. The molecule has 0 saturated carbocycles. The first-order chi connectivity index (χ1) is 3.12. The molecule has 0 heterocycles. The molecule has 0 aliphatic heterocycles. The SMILES string of the molecule is CCC(F)(Cl)CO. The summed E-state index contributed by atoms with van der Waals surface area (Å²) in [6.07, 6.45) is 0.144. The van der Waals surface area contributed by atoms with Gasteiger partial charge in [-0.1, -0.05) is 18.5 Å². The average molecular weight is 127 g/mol. The van der Waals surface area contributed by atoms with Crippen LogP contribution in [0.2, 0.25) is 0 Å². The van der Waals surface area contributed by atoms with Crippen LogP contribution in [-0.4, -0.2) is 16.8 Å². The van der Waals surface area contributed by atoms with Gasteiger partial charge in [0.15, 0.2) is 0 Å². The van der Waals surface area contributed by atoms with Gasteiger partial charge in [0.05, 0.1) is 6.61 Å². The van der Waals surface area contributed by atoms with E-state index in [0.29, 0.717) is 0 Å². The van der Waals surface area contributed by atoms with Crippen LogP contribution >= 0.6 is 11.6 Å². The maximum absolute atomic E-state index is 12.1. The first-order valence-corrected chi connectivity index (χ1v) is 2.49. The van der Waals surface area contributed by atoms with E-state index in [1.807, 2.05) is 0 Å². The molecule has 0 bridgehead atoms. The van der Waals surface area contributed by atoms with Crippen LogP contribution in [0, 0.1) is 0 Å². The molecular formula is C4H8ClFO. The van der Waals surface area contributed by atoms with Gasteiger partial charge in [-0.15, -0.1) is 0 Å². The van der Waals surface area contributed by atoms with Crippen LogP contribution in [0.1, 0.15) is 13.3 Å². The van der Waals surface area contributed by atoms with Crippen molar-refractivity contribution < 1.29 is 9.50 Å². The summed E-state index contributed by atoms with van der Waals surface area (Å²) in [4.78, 5) is 0. The molecule has 0 aromatic rings. The van der Waals surface area contributed by atoms with Gasteiger partial charge in [0.1, 0.15) is 0 Å². The maximum Gasteiger partial charge on any atom is 0.206 e. The van der Waals surface area contributed by atoms with Crippen molar-refractivity contribution in [2.45, 2.75) is 18.5 Å². The molecule has 1 unspecified atom stereocenters. The molecule has 1 N–H and O–H groups in total. The molecule has 0 aliphatic carbocycles. The zero-order valence-electron chi connectivity index (χ0n) is 4.12. The summed E-state index contributed by atoms with van der Waals surface area (Å²) in [5, 5.41) is 6.20. The number of alkyl halides is 2. The lowest BCUT2D eigenvalue weighted by Gasteiger charge is -2.09. The van der Waals surface area contributed by atoms with E-state index in [1.165, 1.54) is 0 Å². The summed E-state index contributed by atoms with van der Waals surface area (Å²) >= 11 is 4.99. The number of aliphatic hydroxyl groups is 1. The Morgan fingerprint density at radius 2 is 2.29 bits per heavy atom. The molecule has 0 aliphatic rings. The van der Waals surface area contributed by atoms with E-state index in [1.54, 1.807) is 6.92 Å². The van der Waals surface area contributed by atoms with E-state index in [2.05, 4.69) is 0 Å². The van der Waals surface area contributed by atoms with Gasteiger partial charge < -0.3 is 5.11 Å². The van der Waals surface area contributed by atoms with Crippen LogP contribution in [0.3, 0.4) is 0 Å². The minimum absolute atomic E-state index is 0.144. The average Bonchev–Trinajstić information content (AvgIpc) is 1.68. The standard InChI is InChI=1S/C4H8ClFO/c1-2-4(5,6)3-7/h7H,2-3H2,1H3. The van der Waals surface area contributed by atoms with Gasteiger partial charge in [0.2, 0.25) is 5.13 Å². The maximum atomic E-state index is 12.1. The van der Waals surface area contributed by atoms with Crippen molar-refractivity contribution in [2.75, 3.05) is 6.61 Å². The van der Waals surface area contributed by atoms with Gasteiger partial charge in [-0.3, -0.25) is 0 Å². The fourth-order valence-corrected chi connectivity index (χ4v) is 0.112. The number of hydrogen-bond donors (Lipinski definition) is 1. The van der Waals surface area contributed by atoms with E-state index in [-0.39, 0.29) is 6.42 Å². The second kappa shape index (κ2) is 2.48. The summed E-state index contributed by atoms with van der Waals surface area (Å²) in [5.74, 6) is 0. The summed E-state index contributed by atoms with van der Waals surface area (Å²) in [6.45, 7) is 0.967. The molecular weight excluding hydrogens is 118 g/mol. The molecule has 1 atom stereocenters. The minimum Gasteiger partial charge on any atom is -0.392 e. The van der Waals surface area contributed by atoms with E-state index in [4.69, 9.17) is 16.7 Å². The Labute approximate surface area is 47.1 Å². The minimum atomic E-state index is -1.89. The summed E-state index contributed by atoms with van der Waals surface area (Å²) in [5.41, 5.74) is 0. The third-order valence-corrected chi connectivity index (χ3v) is 1.14. The van der Waals surface area contributed by atoms with Crippen molar-refractivity contribution in [3.63, 3.8) is 0 Å². The lowest BCUT2D eigenvalue weighted by Crippen LogP contribution is -2.17. The van der Waals surface area contributed by atoms with Crippen molar-refractivity contribution >= 4 is 11.6 Å². The van der Waals surface area contributed by atoms with Crippen molar-refractivity contribution in [3.8, 4) is 0 Å². The van der Waals surface area contributed by atoms with Crippen molar-refractivity contribution in [1.29, 1.82) is 0 Å². The predicted molar refractivity (Wildman–Crippen MR) is 27.1 cm³/mol. The van der Waals surface area contributed by atoms with Crippen molar-refractivity contribution in [2.24, 2.45) is 0 Å². The van der Waals surface area contributed by atoms with Crippen LogP contribution in [0.25, 0.3) is 0 Å². The topological polar surface area (TPSA) is 20.2 Å². The fourth-order valence-electron chi connectivity index (χ4n) is 0.112. The Morgan fingerprint density at radius 1 is 1.86 bits per heavy atom. The highest BCUT2D eigenvalue weighted by Crippen LogP contribution is 2.19. The first kappa shape index (κ1) is 7.18. The van der Waals surface area contributed by atoms with Gasteiger partial charge >= 0.3 is 0 Å². The van der Waals surface area contributed by atoms with Crippen LogP contribution in [0.4, 0.5) is 4.39 Å². The largest absolute Gasteiger partial charge is 0.392 e. The van der Waals surface area contributed by atoms with E-state index < -0.39 is 11.7 Å². The van der Waals surface area contributed by atoms with Gasteiger partial charge in [0, 0.05) is 0 Å². The lowest BCUT2D eigenvalue weighted by molar-refractivity contribution is 0.140. The lowest BCUT2D eigenvalue weighted by atomic mass is 10.3. The summed E-state index contributed by atoms with van der Waals surface area (Å²) in [7, 11) is 0. The second-order valence-corrected chi connectivity index (χ2v) is 2.04. The Balaban J connectivity index is 3.36. The Kier molecular flexibility index (Phi) is 2.54. The molecule has 0 rings (SSSR count). The summed E-state index contributed by atoms with van der Waals surface area (Å²) < 4.78 is 12.1. The highest BCUT2D eigenvalue weighted by atomic mass is 35.5. The normalized spacial score (nSPS) is 18.9. The number of rotatable bonds is 2. The highest BCUT2D eigenvalue weighted by molar-refractivity contribution is 6.22. The number of aliphatic hydroxyl groups excluding tert-OH is 1. The van der Waals surface area contributed by atoms with E-state index in [9.17, 15) is 4.39 Å². The van der Waals surface area contributed by atoms with Gasteiger partial charge in [-0.2, -0.15) is 0 Å². The van der Waals surface area contributed by atoms with Crippen molar-refractivity contribution in [3.05, 3.63) is 0 Å². The predicted octanol–water partition coefficient (Wildman–Crippen LogP) is 1.29. The molecule has 0 aromatic heterocycles. The third kappa shape index (κ3) is 2.83. The second-order valence-electron chi connectivity index (χ2n) is 1.37. The molecule has 1 nitrogen and oxygen atoms in total. The fraction of sp³-hybridized carbons (Fsp3) is 1.00. The molecule has 0 amide bonds. The zero-order valence-corrected chi connectivity index (χ0v) is 4.87. The van der Waals surface area contributed by atoms with E-state index >= 15 is 0 Å². The van der Waals surface area contributed by atoms with Crippen LogP contribution in [-0.2, 0) is 0 Å². The molecule has 3 heteroatoms. The quantitative estimate of drug-likeness (QED) is 0.553. The Morgan fingerprint density at radius 3 is 2.29 bits per heavy atom. The molecule has 0 aromatic carbocycles. The zero-order chi connectivity index (χ0) is 5.91. The first-order valence-electron chi connectivity index (χ1n) is 2.11. The van der Waals surface area contributed by atoms with Crippen LogP contribution in [0.15, 0.2) is 0 Å². The molecule has 7 heavy (non-hydrogen) atoms. The van der Waals surface area contributed by atoms with Crippen LogP contribution in [0.5, 0.6) is 0 Å². The van der Waals surface area contributed by atoms with Gasteiger partial charge in [0.25, 0.3) is 0 Å². The molecule has 0 fully saturated rings. The highest BCUT2D eigenvalue weighted by Gasteiger charge is 2.20. The Hall–Kier alpha value is 0.180. The molecule has 0 spiro atoms. The van der Waals surface area contributed by atoms with Gasteiger partial charge in [-0.25, -0.2) is 4.39 Å².